The van der Waals surface area contributed by atoms with E-state index < -0.39 is 0 Å². The average Bonchev–Trinajstić information content (AvgIpc) is 3.35. The van der Waals surface area contributed by atoms with Gasteiger partial charge in [-0.3, -0.25) is 0 Å². The number of rotatable bonds is 4. The van der Waals surface area contributed by atoms with Crippen LogP contribution in [0.3, 0.4) is 0 Å². The Morgan fingerprint density at radius 1 is 1.08 bits per heavy atom. The van der Waals surface area contributed by atoms with Crippen LogP contribution in [0.25, 0.3) is 16.2 Å². The average molecular weight is 350 g/mol. The first-order chi connectivity index (χ1) is 12.4. The van der Waals surface area contributed by atoms with Crippen molar-refractivity contribution in [2.45, 2.75) is 6.54 Å². The van der Waals surface area contributed by atoms with Gasteiger partial charge in [-0.05, 0) is 17.7 Å². The van der Waals surface area contributed by atoms with Crippen LogP contribution in [0.1, 0.15) is 5.56 Å². The van der Waals surface area contributed by atoms with Gasteiger partial charge in [0.05, 0.1) is 11.9 Å². The molecular formula is C18H14N4O2S. The molecular weight excluding hydrogens is 336 g/mol. The van der Waals surface area contributed by atoms with E-state index in [2.05, 4.69) is 27.5 Å². The lowest BCUT2D eigenvalue weighted by atomic mass is 10.2. The molecule has 124 valence electrons. The van der Waals surface area contributed by atoms with Crippen molar-refractivity contribution < 1.29 is 9.47 Å². The normalized spacial score (nSPS) is 12.6. The highest BCUT2D eigenvalue weighted by molar-refractivity contribution is 7.20. The van der Waals surface area contributed by atoms with E-state index in [-0.39, 0.29) is 6.79 Å². The van der Waals surface area contributed by atoms with Gasteiger partial charge in [-0.25, -0.2) is 9.50 Å². The molecule has 0 amide bonds. The van der Waals surface area contributed by atoms with Crippen LogP contribution in [-0.4, -0.2) is 21.4 Å². The van der Waals surface area contributed by atoms with Crippen molar-refractivity contribution in [2.75, 3.05) is 12.1 Å². The van der Waals surface area contributed by atoms with E-state index in [4.69, 9.17) is 9.47 Å². The van der Waals surface area contributed by atoms with E-state index in [1.165, 1.54) is 11.3 Å². The molecule has 0 unspecified atom stereocenters. The molecule has 0 atom stereocenters. The summed E-state index contributed by atoms with van der Waals surface area (Å²) in [7, 11) is 0. The first-order valence-electron chi connectivity index (χ1n) is 7.89. The van der Waals surface area contributed by atoms with Crippen LogP contribution in [0.15, 0.2) is 54.7 Å². The van der Waals surface area contributed by atoms with Gasteiger partial charge in [0.15, 0.2) is 11.5 Å². The summed E-state index contributed by atoms with van der Waals surface area (Å²) in [6, 6.07) is 16.1. The fourth-order valence-electron chi connectivity index (χ4n) is 2.80. The minimum absolute atomic E-state index is 0.290. The molecule has 7 heteroatoms. The highest BCUT2D eigenvalue weighted by atomic mass is 32.1. The lowest BCUT2D eigenvalue weighted by Crippen LogP contribution is -2.00. The SMILES string of the molecule is c1ccc(-c2cnc3sc(NCc4ccc5c(c4)OCO5)nn23)cc1. The highest BCUT2D eigenvalue weighted by Gasteiger charge is 2.14. The molecule has 1 aliphatic heterocycles. The quantitative estimate of drug-likeness (QED) is 0.607. The van der Waals surface area contributed by atoms with Gasteiger partial charge in [0.1, 0.15) is 0 Å². The van der Waals surface area contributed by atoms with Crippen molar-refractivity contribution in [2.24, 2.45) is 0 Å². The zero-order chi connectivity index (χ0) is 16.6. The Hall–Kier alpha value is -3.06. The fraction of sp³-hybridized carbons (Fsp3) is 0.111. The van der Waals surface area contributed by atoms with Gasteiger partial charge in [0.2, 0.25) is 16.9 Å². The van der Waals surface area contributed by atoms with Gasteiger partial charge < -0.3 is 14.8 Å². The Morgan fingerprint density at radius 2 is 1.96 bits per heavy atom. The van der Waals surface area contributed by atoms with Gasteiger partial charge in [0, 0.05) is 12.1 Å². The second-order valence-electron chi connectivity index (χ2n) is 5.65. The molecule has 2 aromatic heterocycles. The summed E-state index contributed by atoms with van der Waals surface area (Å²) >= 11 is 1.53. The molecule has 2 aromatic carbocycles. The summed E-state index contributed by atoms with van der Waals surface area (Å²) in [6.45, 7) is 0.951. The largest absolute Gasteiger partial charge is 0.454 e. The van der Waals surface area contributed by atoms with Crippen molar-refractivity contribution in [3.05, 3.63) is 60.3 Å². The van der Waals surface area contributed by atoms with Crippen LogP contribution in [0, 0.1) is 0 Å². The van der Waals surface area contributed by atoms with Gasteiger partial charge in [-0.2, -0.15) is 0 Å². The van der Waals surface area contributed by atoms with Gasteiger partial charge >= 0.3 is 0 Å². The number of nitrogens with one attached hydrogen (secondary N) is 1. The number of benzene rings is 2. The van der Waals surface area contributed by atoms with E-state index in [0.717, 1.165) is 38.4 Å². The molecule has 5 rings (SSSR count). The molecule has 1 aliphatic rings. The first-order valence-corrected chi connectivity index (χ1v) is 8.71. The molecule has 0 fully saturated rings. The second kappa shape index (κ2) is 5.78. The molecule has 4 aromatic rings. The summed E-state index contributed by atoms with van der Waals surface area (Å²) in [4.78, 5) is 5.33. The molecule has 6 nitrogen and oxygen atoms in total. The van der Waals surface area contributed by atoms with Crippen LogP contribution in [0.5, 0.6) is 11.5 Å². The molecule has 0 bridgehead atoms. The summed E-state index contributed by atoms with van der Waals surface area (Å²) in [6.07, 6.45) is 1.86. The molecule has 0 saturated carbocycles. The third-order valence-electron chi connectivity index (χ3n) is 4.04. The number of nitrogens with zero attached hydrogens (tertiary/aromatic N) is 3. The predicted octanol–water partition coefficient (Wildman–Crippen LogP) is 3.80. The minimum atomic E-state index is 0.290. The van der Waals surface area contributed by atoms with Crippen molar-refractivity contribution >= 4 is 21.4 Å². The number of imidazole rings is 1. The van der Waals surface area contributed by atoms with Crippen LogP contribution in [-0.2, 0) is 6.54 Å². The molecule has 25 heavy (non-hydrogen) atoms. The maximum atomic E-state index is 5.41. The molecule has 1 N–H and O–H groups in total. The maximum Gasteiger partial charge on any atom is 0.231 e. The predicted molar refractivity (Wildman–Crippen MR) is 96.2 cm³/mol. The van der Waals surface area contributed by atoms with Crippen LogP contribution < -0.4 is 14.8 Å². The van der Waals surface area contributed by atoms with Crippen molar-refractivity contribution in [3.8, 4) is 22.8 Å². The van der Waals surface area contributed by atoms with Crippen LogP contribution in [0.2, 0.25) is 0 Å². The number of ether oxygens (including phenoxy) is 2. The van der Waals surface area contributed by atoms with Crippen molar-refractivity contribution in [1.29, 1.82) is 0 Å². The van der Waals surface area contributed by atoms with E-state index >= 15 is 0 Å². The summed E-state index contributed by atoms with van der Waals surface area (Å²) in [5.74, 6) is 1.59. The summed E-state index contributed by atoms with van der Waals surface area (Å²) in [5.41, 5.74) is 3.20. The number of hydrogen-bond donors (Lipinski definition) is 1. The number of aromatic nitrogens is 3. The van der Waals surface area contributed by atoms with Crippen LogP contribution >= 0.6 is 11.3 Å². The molecule has 0 radical (unpaired) electrons. The first kappa shape index (κ1) is 14.3. The standard InChI is InChI=1S/C18H14N4O2S/c1-2-4-13(5-3-1)14-10-20-18-22(14)21-17(25-18)19-9-12-6-7-15-16(8-12)24-11-23-15/h1-8,10H,9,11H2,(H,19,21). The third kappa shape index (κ3) is 2.58. The lowest BCUT2D eigenvalue weighted by Gasteiger charge is -2.04. The zero-order valence-electron chi connectivity index (χ0n) is 13.2. The Kier molecular flexibility index (Phi) is 3.31. The summed E-state index contributed by atoms with van der Waals surface area (Å²) < 4.78 is 12.6. The Labute approximate surface area is 147 Å². The van der Waals surface area contributed by atoms with Gasteiger partial charge in [-0.15, -0.1) is 5.10 Å². The number of hydrogen-bond acceptors (Lipinski definition) is 6. The van der Waals surface area contributed by atoms with Gasteiger partial charge in [-0.1, -0.05) is 47.7 Å². The van der Waals surface area contributed by atoms with Crippen molar-refractivity contribution in [1.82, 2.24) is 14.6 Å². The number of fused-ring (bicyclic) bond motifs is 2. The maximum absolute atomic E-state index is 5.41. The molecule has 0 spiro atoms. The summed E-state index contributed by atoms with van der Waals surface area (Å²) in [5, 5.41) is 8.83. The Morgan fingerprint density at radius 3 is 2.88 bits per heavy atom. The fourth-order valence-corrected chi connectivity index (χ4v) is 3.57. The highest BCUT2D eigenvalue weighted by Crippen LogP contribution is 2.33. The lowest BCUT2D eigenvalue weighted by molar-refractivity contribution is 0.174. The topological polar surface area (TPSA) is 60.7 Å². The van der Waals surface area contributed by atoms with E-state index in [1.54, 1.807) is 0 Å². The molecule has 0 saturated heterocycles. The van der Waals surface area contributed by atoms with Crippen molar-refractivity contribution in [3.63, 3.8) is 0 Å². The minimum Gasteiger partial charge on any atom is -0.454 e. The van der Waals surface area contributed by atoms with E-state index in [1.807, 2.05) is 47.1 Å². The second-order valence-corrected chi connectivity index (χ2v) is 6.61. The van der Waals surface area contributed by atoms with E-state index in [9.17, 15) is 0 Å². The third-order valence-corrected chi connectivity index (χ3v) is 4.92. The van der Waals surface area contributed by atoms with E-state index in [0.29, 0.717) is 6.54 Å². The smallest absolute Gasteiger partial charge is 0.231 e. The zero-order valence-corrected chi connectivity index (χ0v) is 14.0. The molecule has 0 aliphatic carbocycles. The van der Waals surface area contributed by atoms with Gasteiger partial charge in [0.25, 0.3) is 0 Å². The number of anilines is 1. The monoisotopic (exact) mass is 350 g/mol. The van der Waals surface area contributed by atoms with Crippen LogP contribution in [0.4, 0.5) is 5.13 Å². The Bertz CT molecular complexity index is 1040. The molecule has 3 heterocycles. The Balaban J connectivity index is 1.38.